The van der Waals surface area contributed by atoms with E-state index in [1.54, 1.807) is 17.1 Å². The van der Waals surface area contributed by atoms with E-state index in [1.165, 1.54) is 0 Å². The van der Waals surface area contributed by atoms with Crippen molar-refractivity contribution in [1.82, 2.24) is 25.3 Å². The first-order chi connectivity index (χ1) is 11.2. The quantitative estimate of drug-likeness (QED) is 0.768. The number of hydrogen-bond acceptors (Lipinski definition) is 4. The molecule has 23 heavy (non-hydrogen) atoms. The molecule has 0 spiro atoms. The van der Waals surface area contributed by atoms with Gasteiger partial charge in [-0.1, -0.05) is 6.07 Å². The van der Waals surface area contributed by atoms with Gasteiger partial charge < -0.3 is 10.1 Å². The monoisotopic (exact) mass is 311 g/mol. The van der Waals surface area contributed by atoms with Gasteiger partial charge in [0.15, 0.2) is 0 Å². The Balaban J connectivity index is 1.57. The van der Waals surface area contributed by atoms with E-state index < -0.39 is 0 Å². The van der Waals surface area contributed by atoms with E-state index in [4.69, 9.17) is 4.74 Å². The molecule has 118 valence electrons. The van der Waals surface area contributed by atoms with Crippen LogP contribution in [0.3, 0.4) is 0 Å². The van der Waals surface area contributed by atoms with Gasteiger partial charge in [0.2, 0.25) is 0 Å². The van der Waals surface area contributed by atoms with Crippen LogP contribution in [0.5, 0.6) is 0 Å². The third-order valence-corrected chi connectivity index (χ3v) is 4.19. The maximum absolute atomic E-state index is 12.7. The zero-order valence-electron chi connectivity index (χ0n) is 12.7. The Labute approximate surface area is 132 Å². The van der Waals surface area contributed by atoms with Gasteiger partial charge in [-0.25, -0.2) is 0 Å². The van der Waals surface area contributed by atoms with Crippen molar-refractivity contribution >= 4 is 16.8 Å². The lowest BCUT2D eigenvalue weighted by atomic mass is 10.0. The average Bonchev–Trinajstić information content (AvgIpc) is 3.26. The molecule has 4 rings (SSSR count). The van der Waals surface area contributed by atoms with Gasteiger partial charge in [0, 0.05) is 30.8 Å². The van der Waals surface area contributed by atoms with Crippen LogP contribution in [0.15, 0.2) is 36.8 Å². The molecule has 2 aromatic heterocycles. The number of hydrogen-bond donors (Lipinski definition) is 2. The molecule has 1 saturated heterocycles. The molecule has 2 atom stereocenters. The molecule has 3 heterocycles. The van der Waals surface area contributed by atoms with Gasteiger partial charge in [0.25, 0.3) is 5.91 Å². The highest BCUT2D eigenvalue weighted by molar-refractivity contribution is 6.06. The molecule has 0 bridgehead atoms. The number of fused-ring (bicyclic) bond motifs is 1. The van der Waals surface area contributed by atoms with Crippen LogP contribution in [0.25, 0.3) is 10.9 Å². The van der Waals surface area contributed by atoms with Gasteiger partial charge in [0.1, 0.15) is 6.10 Å². The number of aromatic nitrogens is 4. The number of rotatable bonds is 3. The van der Waals surface area contributed by atoms with Crippen LogP contribution in [0.1, 0.15) is 28.4 Å². The number of carbonyl (C=O) groups excluding carboxylic acids is 1. The number of nitrogens with zero attached hydrogens (tertiary/aromatic N) is 3. The standard InChI is InChI=1S/C16H17N5O2/c1-21-9-10(7-18-21)15-14(5-6-23-15)19-16(22)11-3-2-4-13-12(11)8-17-20-13/h2-4,7-9,14-15H,5-6H2,1H3,(H,17,20)(H,19,22)/t14-,15+/m0/s1. The first-order valence-corrected chi connectivity index (χ1v) is 7.55. The average molecular weight is 311 g/mol. The Morgan fingerprint density at radius 3 is 3.17 bits per heavy atom. The molecule has 0 radical (unpaired) electrons. The lowest BCUT2D eigenvalue weighted by Gasteiger charge is -2.19. The number of nitrogens with one attached hydrogen (secondary N) is 2. The van der Waals surface area contributed by atoms with E-state index in [0.29, 0.717) is 12.2 Å². The molecule has 2 N–H and O–H groups in total. The van der Waals surface area contributed by atoms with Crippen LogP contribution < -0.4 is 5.32 Å². The second kappa shape index (κ2) is 5.51. The molecular formula is C16H17N5O2. The van der Waals surface area contributed by atoms with Crippen molar-refractivity contribution in [2.24, 2.45) is 7.05 Å². The minimum atomic E-state index is -0.156. The van der Waals surface area contributed by atoms with Crippen molar-refractivity contribution in [3.8, 4) is 0 Å². The molecule has 0 aliphatic carbocycles. The van der Waals surface area contributed by atoms with Crippen molar-refractivity contribution in [2.45, 2.75) is 18.6 Å². The number of amides is 1. The summed E-state index contributed by atoms with van der Waals surface area (Å²) in [7, 11) is 1.87. The van der Waals surface area contributed by atoms with Crippen molar-refractivity contribution in [2.75, 3.05) is 6.61 Å². The molecule has 1 amide bonds. The largest absolute Gasteiger partial charge is 0.371 e. The zero-order chi connectivity index (χ0) is 15.8. The van der Waals surface area contributed by atoms with Gasteiger partial charge in [-0.05, 0) is 18.6 Å². The van der Waals surface area contributed by atoms with Crippen molar-refractivity contribution < 1.29 is 9.53 Å². The predicted molar refractivity (Wildman–Crippen MR) is 83.9 cm³/mol. The van der Waals surface area contributed by atoms with Crippen molar-refractivity contribution in [1.29, 1.82) is 0 Å². The molecule has 3 aromatic rings. The first kappa shape index (κ1) is 14.0. The Hall–Kier alpha value is -2.67. The van der Waals surface area contributed by atoms with Gasteiger partial charge in [-0.2, -0.15) is 10.2 Å². The van der Waals surface area contributed by atoms with Crippen LogP contribution in [-0.2, 0) is 11.8 Å². The Morgan fingerprint density at radius 1 is 1.43 bits per heavy atom. The Kier molecular flexibility index (Phi) is 3.34. The highest BCUT2D eigenvalue weighted by Crippen LogP contribution is 2.29. The Bertz CT molecular complexity index is 853. The third kappa shape index (κ3) is 2.49. The summed E-state index contributed by atoms with van der Waals surface area (Å²) in [5.74, 6) is -0.110. The van der Waals surface area contributed by atoms with E-state index in [9.17, 15) is 4.79 Å². The third-order valence-electron chi connectivity index (χ3n) is 4.19. The van der Waals surface area contributed by atoms with E-state index in [2.05, 4.69) is 20.6 Å². The Morgan fingerprint density at radius 2 is 2.35 bits per heavy atom. The summed E-state index contributed by atoms with van der Waals surface area (Å²) in [4.78, 5) is 12.7. The van der Waals surface area contributed by atoms with Gasteiger partial charge in [-0.15, -0.1) is 0 Å². The topological polar surface area (TPSA) is 84.8 Å². The molecule has 1 aromatic carbocycles. The summed E-state index contributed by atoms with van der Waals surface area (Å²) in [6.07, 6.45) is 6.01. The molecular weight excluding hydrogens is 294 g/mol. The van der Waals surface area contributed by atoms with E-state index in [0.717, 1.165) is 22.9 Å². The van der Waals surface area contributed by atoms with Crippen LogP contribution >= 0.6 is 0 Å². The molecule has 7 heteroatoms. The summed E-state index contributed by atoms with van der Waals surface area (Å²) in [6.45, 7) is 0.625. The summed E-state index contributed by atoms with van der Waals surface area (Å²) < 4.78 is 7.53. The van der Waals surface area contributed by atoms with E-state index in [1.807, 2.05) is 31.4 Å². The van der Waals surface area contributed by atoms with Crippen LogP contribution in [0.4, 0.5) is 0 Å². The summed E-state index contributed by atoms with van der Waals surface area (Å²) in [6, 6.07) is 5.49. The molecule has 0 saturated carbocycles. The zero-order valence-corrected chi connectivity index (χ0v) is 12.7. The fourth-order valence-electron chi connectivity index (χ4n) is 3.07. The summed E-state index contributed by atoms with van der Waals surface area (Å²) >= 11 is 0. The predicted octanol–water partition coefficient (Wildman–Crippen LogP) is 1.56. The van der Waals surface area contributed by atoms with Gasteiger partial charge >= 0.3 is 0 Å². The summed E-state index contributed by atoms with van der Waals surface area (Å²) in [5.41, 5.74) is 2.45. The number of carbonyl (C=O) groups is 1. The van der Waals surface area contributed by atoms with Gasteiger partial charge in [0.05, 0.1) is 29.5 Å². The first-order valence-electron chi connectivity index (χ1n) is 7.55. The number of ether oxygens (including phenoxy) is 1. The smallest absolute Gasteiger partial charge is 0.252 e. The number of aryl methyl sites for hydroxylation is 1. The van der Waals surface area contributed by atoms with E-state index in [-0.39, 0.29) is 18.1 Å². The maximum atomic E-state index is 12.7. The maximum Gasteiger partial charge on any atom is 0.252 e. The van der Waals surface area contributed by atoms with Crippen LogP contribution in [-0.4, -0.2) is 38.5 Å². The van der Waals surface area contributed by atoms with Crippen LogP contribution in [0, 0.1) is 0 Å². The van der Waals surface area contributed by atoms with Crippen molar-refractivity contribution in [3.63, 3.8) is 0 Å². The minimum absolute atomic E-state index is 0.0612. The lowest BCUT2D eigenvalue weighted by molar-refractivity contribution is 0.0822. The highest BCUT2D eigenvalue weighted by Gasteiger charge is 2.32. The summed E-state index contributed by atoms with van der Waals surface area (Å²) in [5, 5.41) is 15.0. The van der Waals surface area contributed by atoms with Crippen molar-refractivity contribution in [3.05, 3.63) is 47.9 Å². The molecule has 1 fully saturated rings. The van der Waals surface area contributed by atoms with Gasteiger partial charge in [-0.3, -0.25) is 14.6 Å². The molecule has 1 aliphatic heterocycles. The van der Waals surface area contributed by atoms with E-state index >= 15 is 0 Å². The van der Waals surface area contributed by atoms with Crippen LogP contribution in [0.2, 0.25) is 0 Å². The fraction of sp³-hybridized carbons (Fsp3) is 0.312. The highest BCUT2D eigenvalue weighted by atomic mass is 16.5. The number of H-pyrrole nitrogens is 1. The number of benzene rings is 1. The second-order valence-corrected chi connectivity index (χ2v) is 5.74. The SMILES string of the molecule is Cn1cc([C@H]2OCC[C@@H]2NC(=O)c2cccc3[nH]ncc23)cn1. The minimum Gasteiger partial charge on any atom is -0.371 e. The normalized spacial score (nSPS) is 20.9. The second-order valence-electron chi connectivity index (χ2n) is 5.74. The molecule has 0 unspecified atom stereocenters. The lowest BCUT2D eigenvalue weighted by Crippen LogP contribution is -2.36. The molecule has 1 aliphatic rings. The fourth-order valence-corrected chi connectivity index (χ4v) is 3.07. The number of aromatic amines is 1. The molecule has 7 nitrogen and oxygen atoms in total.